The van der Waals surface area contributed by atoms with E-state index in [1.165, 1.54) is 12.1 Å². The van der Waals surface area contributed by atoms with Crippen molar-refractivity contribution in [3.05, 3.63) is 42.0 Å². The zero-order chi connectivity index (χ0) is 17.7. The number of aliphatic hydroxyl groups is 2. The molecule has 1 atom stereocenters. The normalized spacial score (nSPS) is 13.9. The van der Waals surface area contributed by atoms with Crippen LogP contribution in [-0.2, 0) is 11.5 Å². The Labute approximate surface area is 143 Å². The van der Waals surface area contributed by atoms with Gasteiger partial charge in [0.1, 0.15) is 24.5 Å². The van der Waals surface area contributed by atoms with Gasteiger partial charge in [-0.05, 0) is 42.5 Å². The number of aliphatic hydroxyl groups excluding tert-OH is 2. The summed E-state index contributed by atoms with van der Waals surface area (Å²) in [6.07, 6.45) is 8.95. The van der Waals surface area contributed by atoms with Gasteiger partial charge in [0, 0.05) is 23.7 Å². The third kappa shape index (κ3) is 5.04. The van der Waals surface area contributed by atoms with Crippen molar-refractivity contribution in [1.29, 1.82) is 0 Å². The number of halogens is 1. The summed E-state index contributed by atoms with van der Waals surface area (Å²) in [5.41, 5.74) is 0.886. The number of ether oxygens (including phenoxy) is 1. The quantitative estimate of drug-likeness (QED) is 0.713. The summed E-state index contributed by atoms with van der Waals surface area (Å²) in [7, 11) is -0.606. The average Bonchev–Trinajstić information content (AvgIpc) is 2.98. The monoisotopic (exact) mass is 356 g/mol. The van der Waals surface area contributed by atoms with Crippen molar-refractivity contribution in [1.82, 2.24) is 9.55 Å². The molecule has 134 valence electrons. The molecule has 0 fully saturated rings. The van der Waals surface area contributed by atoms with Gasteiger partial charge in [-0.25, -0.2) is 19.4 Å². The van der Waals surface area contributed by atoms with Crippen LogP contribution in [0.25, 0.3) is 11.4 Å². The minimum atomic E-state index is -1.16. The van der Waals surface area contributed by atoms with Gasteiger partial charge in [-0.2, -0.15) is 0 Å². The van der Waals surface area contributed by atoms with Crippen LogP contribution in [0.3, 0.4) is 0 Å². The Hall–Kier alpha value is -1.41. The van der Waals surface area contributed by atoms with E-state index in [-0.39, 0.29) is 0 Å². The molecule has 2 aromatic rings. The van der Waals surface area contributed by atoms with E-state index >= 15 is 0 Å². The van der Waals surface area contributed by atoms with Gasteiger partial charge in [-0.3, -0.25) is 0 Å². The van der Waals surface area contributed by atoms with Crippen LogP contribution in [0, 0.1) is 5.82 Å². The molecule has 0 radical (unpaired) electrons. The topological polar surface area (TPSA) is 67.5 Å². The minimum Gasteiger partial charge on any atom is -0.393 e. The fraction of sp³-hybridized carbons (Fsp3) is 0.471. The highest BCUT2D eigenvalue weighted by atomic mass is 32.3. The number of imidazole rings is 1. The van der Waals surface area contributed by atoms with E-state index in [1.807, 2.05) is 0 Å². The largest absolute Gasteiger partial charge is 0.393 e. The molecule has 0 spiro atoms. The Morgan fingerprint density at radius 3 is 2.75 bits per heavy atom. The van der Waals surface area contributed by atoms with Gasteiger partial charge >= 0.3 is 0 Å². The summed E-state index contributed by atoms with van der Waals surface area (Å²) in [6, 6.07) is 4.09. The molecule has 7 heteroatoms. The third-order valence-electron chi connectivity index (χ3n) is 3.57. The maximum Gasteiger partial charge on any atom is 0.142 e. The van der Waals surface area contributed by atoms with E-state index in [4.69, 9.17) is 4.74 Å². The fourth-order valence-electron chi connectivity index (χ4n) is 2.24. The second-order valence-corrected chi connectivity index (χ2v) is 11.1. The first-order chi connectivity index (χ1) is 11.3. The van der Waals surface area contributed by atoms with Gasteiger partial charge < -0.3 is 19.5 Å². The van der Waals surface area contributed by atoms with E-state index < -0.39 is 28.6 Å². The van der Waals surface area contributed by atoms with E-state index in [0.717, 1.165) is 5.75 Å². The Balaban J connectivity index is 2.18. The number of rotatable bonds is 8. The number of nitrogens with zero attached hydrogens (tertiary/aromatic N) is 2. The minimum absolute atomic E-state index is 0.309. The molecule has 0 amide bonds. The molecule has 0 aliphatic carbocycles. The van der Waals surface area contributed by atoms with Crippen LogP contribution >= 0.6 is 10.0 Å². The van der Waals surface area contributed by atoms with Crippen molar-refractivity contribution < 1.29 is 19.3 Å². The Kier molecular flexibility index (Phi) is 6.40. The molecule has 1 aromatic carbocycles. The van der Waals surface area contributed by atoms with Crippen molar-refractivity contribution in [3.8, 4) is 11.4 Å². The van der Waals surface area contributed by atoms with Gasteiger partial charge in [0.05, 0.1) is 13.2 Å². The molecule has 5 nitrogen and oxygen atoms in total. The lowest BCUT2D eigenvalue weighted by Crippen LogP contribution is -2.11. The van der Waals surface area contributed by atoms with Gasteiger partial charge in [0.25, 0.3) is 0 Å². The highest BCUT2D eigenvalue weighted by Crippen LogP contribution is 2.33. The van der Waals surface area contributed by atoms with Crippen molar-refractivity contribution in [3.63, 3.8) is 0 Å². The highest BCUT2D eigenvalue weighted by molar-refractivity contribution is 8.32. The Morgan fingerprint density at radius 2 is 2.08 bits per heavy atom. The molecule has 0 aliphatic heterocycles. The first kappa shape index (κ1) is 18.9. The van der Waals surface area contributed by atoms with Crippen LogP contribution in [0.2, 0.25) is 0 Å². The summed E-state index contributed by atoms with van der Waals surface area (Å²) in [5.74, 6) is 1.12. The number of benzene rings is 1. The van der Waals surface area contributed by atoms with E-state index in [2.05, 4.69) is 23.8 Å². The highest BCUT2D eigenvalue weighted by Gasteiger charge is 2.17. The maximum absolute atomic E-state index is 13.5. The van der Waals surface area contributed by atoms with E-state index in [9.17, 15) is 14.6 Å². The van der Waals surface area contributed by atoms with Gasteiger partial charge in [0.15, 0.2) is 0 Å². The van der Waals surface area contributed by atoms with Crippen LogP contribution in [0.15, 0.2) is 30.6 Å². The maximum atomic E-state index is 13.5. The lowest BCUT2D eigenvalue weighted by Gasteiger charge is -2.24. The fourth-order valence-corrected chi connectivity index (χ4v) is 2.86. The standard InChI is InChI=1S/C17H25FN2O3S/c1-24(2,3)9-8-23-12-20-7-6-19-17(20)14-5-4-13(18)10-15(14)16(22)11-21/h4-7,10,16,21-22H,8-9,11-12H2,1-3H3. The lowest BCUT2D eigenvalue weighted by atomic mass is 10.0. The first-order valence-electron chi connectivity index (χ1n) is 7.65. The predicted molar refractivity (Wildman–Crippen MR) is 95.8 cm³/mol. The van der Waals surface area contributed by atoms with Crippen LogP contribution in [0.1, 0.15) is 11.7 Å². The molecule has 2 N–H and O–H groups in total. The van der Waals surface area contributed by atoms with Gasteiger partial charge in [-0.1, -0.05) is 0 Å². The zero-order valence-electron chi connectivity index (χ0n) is 14.3. The lowest BCUT2D eigenvalue weighted by molar-refractivity contribution is 0.0899. The molecule has 24 heavy (non-hydrogen) atoms. The van der Waals surface area contributed by atoms with Crippen molar-refractivity contribution in [2.24, 2.45) is 0 Å². The molecule has 1 heterocycles. The molecule has 0 aliphatic rings. The molecule has 0 saturated heterocycles. The van der Waals surface area contributed by atoms with Crippen LogP contribution in [0.4, 0.5) is 4.39 Å². The van der Waals surface area contributed by atoms with Crippen LogP contribution in [-0.4, -0.2) is 57.5 Å². The summed E-state index contributed by atoms with van der Waals surface area (Å²) < 4.78 is 21.0. The van der Waals surface area contributed by atoms with Crippen molar-refractivity contribution in [2.75, 3.05) is 37.7 Å². The van der Waals surface area contributed by atoms with Gasteiger partial charge in [-0.15, -0.1) is 0 Å². The zero-order valence-corrected chi connectivity index (χ0v) is 15.1. The van der Waals surface area contributed by atoms with Crippen LogP contribution < -0.4 is 0 Å². The summed E-state index contributed by atoms with van der Waals surface area (Å²) in [4.78, 5) is 4.29. The number of aromatic nitrogens is 2. The molecule has 0 bridgehead atoms. The van der Waals surface area contributed by atoms with E-state index in [0.29, 0.717) is 30.3 Å². The number of hydrogen-bond donors (Lipinski definition) is 2. The van der Waals surface area contributed by atoms with Gasteiger partial charge in [0.2, 0.25) is 0 Å². The third-order valence-corrected chi connectivity index (χ3v) is 4.96. The van der Waals surface area contributed by atoms with Crippen molar-refractivity contribution in [2.45, 2.75) is 12.8 Å². The molecular weight excluding hydrogens is 331 g/mol. The summed E-state index contributed by atoms with van der Waals surface area (Å²) in [5, 5.41) is 19.1. The van der Waals surface area contributed by atoms with E-state index in [1.54, 1.807) is 23.0 Å². The molecule has 0 saturated carbocycles. The van der Waals surface area contributed by atoms with Crippen LogP contribution in [0.5, 0.6) is 0 Å². The SMILES string of the molecule is CS(C)(C)CCOCn1ccnc1-c1ccc(F)cc1C(O)CO. The Bertz CT molecular complexity index is 670. The predicted octanol–water partition coefficient (Wildman–Crippen LogP) is 2.38. The molecule has 2 rings (SSSR count). The van der Waals surface area contributed by atoms with Crippen molar-refractivity contribution >= 4 is 10.0 Å². The summed E-state index contributed by atoms with van der Waals surface area (Å²) in [6.45, 7) is 0.505. The molecular formula is C17H25FN2O3S. The first-order valence-corrected chi connectivity index (χ1v) is 10.7. The second-order valence-electron chi connectivity index (χ2n) is 6.48. The molecule has 1 aromatic heterocycles. The number of hydrogen-bond acceptors (Lipinski definition) is 4. The smallest absolute Gasteiger partial charge is 0.142 e. The molecule has 1 unspecified atom stereocenters. The second kappa shape index (κ2) is 8.11. The average molecular weight is 356 g/mol. The summed E-state index contributed by atoms with van der Waals surface area (Å²) >= 11 is 0. The Morgan fingerprint density at radius 1 is 1.33 bits per heavy atom.